The fraction of sp³-hybridized carbons (Fsp3) is 0.300. The SMILES string of the molecule is CC(C)OCCCNC(=O)c1ccc2c(c1)C(=O)c1ccccc1-2. The predicted octanol–water partition coefficient (Wildman–Crippen LogP) is 3.44. The van der Waals surface area contributed by atoms with Crippen LogP contribution in [0.4, 0.5) is 0 Å². The zero-order valence-electron chi connectivity index (χ0n) is 14.0. The van der Waals surface area contributed by atoms with E-state index in [4.69, 9.17) is 4.74 Å². The zero-order valence-corrected chi connectivity index (χ0v) is 14.0. The summed E-state index contributed by atoms with van der Waals surface area (Å²) in [6.45, 7) is 5.14. The topological polar surface area (TPSA) is 55.4 Å². The molecule has 1 aliphatic carbocycles. The number of hydrogen-bond acceptors (Lipinski definition) is 3. The minimum Gasteiger partial charge on any atom is -0.379 e. The molecule has 3 rings (SSSR count). The van der Waals surface area contributed by atoms with Crippen LogP contribution in [0, 0.1) is 0 Å². The Labute approximate surface area is 141 Å². The lowest BCUT2D eigenvalue weighted by Gasteiger charge is -2.09. The maximum Gasteiger partial charge on any atom is 0.251 e. The smallest absolute Gasteiger partial charge is 0.251 e. The minimum absolute atomic E-state index is 0.0133. The Morgan fingerprint density at radius 2 is 1.75 bits per heavy atom. The third kappa shape index (κ3) is 3.24. The molecule has 0 fully saturated rings. The molecule has 2 aromatic rings. The Morgan fingerprint density at radius 1 is 1.04 bits per heavy atom. The summed E-state index contributed by atoms with van der Waals surface area (Å²) in [7, 11) is 0. The van der Waals surface area contributed by atoms with Gasteiger partial charge in [0, 0.05) is 29.8 Å². The second-order valence-electron chi connectivity index (χ2n) is 6.16. The average molecular weight is 323 g/mol. The predicted molar refractivity (Wildman–Crippen MR) is 93.3 cm³/mol. The van der Waals surface area contributed by atoms with Gasteiger partial charge in [0.15, 0.2) is 5.78 Å². The number of ether oxygens (including phenoxy) is 1. The lowest BCUT2D eigenvalue weighted by molar-refractivity contribution is 0.0757. The van der Waals surface area contributed by atoms with Crippen LogP contribution in [-0.4, -0.2) is 30.9 Å². The van der Waals surface area contributed by atoms with Crippen LogP contribution in [-0.2, 0) is 4.74 Å². The van der Waals surface area contributed by atoms with Crippen molar-refractivity contribution in [1.82, 2.24) is 5.32 Å². The first-order chi connectivity index (χ1) is 11.6. The van der Waals surface area contributed by atoms with Gasteiger partial charge in [0.25, 0.3) is 5.91 Å². The Balaban J connectivity index is 1.67. The molecule has 4 heteroatoms. The molecule has 0 spiro atoms. The van der Waals surface area contributed by atoms with E-state index >= 15 is 0 Å². The summed E-state index contributed by atoms with van der Waals surface area (Å²) in [5.41, 5.74) is 3.66. The molecular formula is C20H21NO3. The van der Waals surface area contributed by atoms with Crippen molar-refractivity contribution in [3.63, 3.8) is 0 Å². The minimum atomic E-state index is -0.161. The van der Waals surface area contributed by atoms with Gasteiger partial charge in [-0.1, -0.05) is 30.3 Å². The van der Waals surface area contributed by atoms with Crippen molar-refractivity contribution in [1.29, 1.82) is 0 Å². The highest BCUT2D eigenvalue weighted by Crippen LogP contribution is 2.36. The molecule has 1 N–H and O–H groups in total. The van der Waals surface area contributed by atoms with E-state index in [2.05, 4.69) is 5.32 Å². The molecule has 4 nitrogen and oxygen atoms in total. The van der Waals surface area contributed by atoms with Crippen LogP contribution in [0.15, 0.2) is 42.5 Å². The van der Waals surface area contributed by atoms with Gasteiger partial charge in [0.2, 0.25) is 0 Å². The first-order valence-electron chi connectivity index (χ1n) is 8.26. The monoisotopic (exact) mass is 323 g/mol. The number of fused-ring (bicyclic) bond motifs is 3. The Morgan fingerprint density at radius 3 is 2.50 bits per heavy atom. The molecule has 0 aliphatic heterocycles. The molecule has 124 valence electrons. The molecule has 0 aromatic heterocycles. The largest absolute Gasteiger partial charge is 0.379 e. The van der Waals surface area contributed by atoms with Crippen molar-refractivity contribution in [2.24, 2.45) is 0 Å². The van der Waals surface area contributed by atoms with E-state index < -0.39 is 0 Å². The second-order valence-corrected chi connectivity index (χ2v) is 6.16. The highest BCUT2D eigenvalue weighted by Gasteiger charge is 2.26. The maximum atomic E-state index is 12.5. The molecule has 0 unspecified atom stereocenters. The molecule has 0 saturated carbocycles. The third-order valence-corrected chi connectivity index (χ3v) is 4.05. The van der Waals surface area contributed by atoms with Crippen molar-refractivity contribution >= 4 is 11.7 Å². The van der Waals surface area contributed by atoms with Crippen molar-refractivity contribution in [2.75, 3.05) is 13.2 Å². The molecule has 0 radical (unpaired) electrons. The molecule has 24 heavy (non-hydrogen) atoms. The summed E-state index contributed by atoms with van der Waals surface area (Å²) >= 11 is 0. The third-order valence-electron chi connectivity index (χ3n) is 4.05. The van der Waals surface area contributed by atoms with E-state index in [-0.39, 0.29) is 17.8 Å². The highest BCUT2D eigenvalue weighted by molar-refractivity contribution is 6.22. The van der Waals surface area contributed by atoms with Crippen molar-refractivity contribution in [3.05, 3.63) is 59.2 Å². The summed E-state index contributed by atoms with van der Waals surface area (Å²) in [5, 5.41) is 2.87. The summed E-state index contributed by atoms with van der Waals surface area (Å²) < 4.78 is 5.44. The van der Waals surface area contributed by atoms with Crippen LogP contribution in [0.5, 0.6) is 0 Å². The van der Waals surface area contributed by atoms with Crippen LogP contribution in [0.25, 0.3) is 11.1 Å². The second kappa shape index (κ2) is 6.97. The fourth-order valence-electron chi connectivity index (χ4n) is 2.86. The number of hydrogen-bond donors (Lipinski definition) is 1. The normalized spacial score (nSPS) is 12.2. The van der Waals surface area contributed by atoms with E-state index in [9.17, 15) is 9.59 Å². The molecule has 1 amide bonds. The van der Waals surface area contributed by atoms with Gasteiger partial charge in [-0.2, -0.15) is 0 Å². The molecule has 2 aromatic carbocycles. The highest BCUT2D eigenvalue weighted by atomic mass is 16.5. The van der Waals surface area contributed by atoms with Crippen LogP contribution in [0.2, 0.25) is 0 Å². The molecule has 1 aliphatic rings. The molecule has 0 heterocycles. The Hall–Kier alpha value is -2.46. The Kier molecular flexibility index (Phi) is 4.76. The van der Waals surface area contributed by atoms with Gasteiger partial charge < -0.3 is 10.1 Å². The van der Waals surface area contributed by atoms with Crippen LogP contribution < -0.4 is 5.32 Å². The quantitative estimate of drug-likeness (QED) is 0.707. The van der Waals surface area contributed by atoms with Crippen LogP contribution >= 0.6 is 0 Å². The molecule has 0 bridgehead atoms. The van der Waals surface area contributed by atoms with Crippen molar-refractivity contribution in [2.45, 2.75) is 26.4 Å². The number of benzene rings is 2. The van der Waals surface area contributed by atoms with E-state index in [1.165, 1.54) is 0 Å². The van der Waals surface area contributed by atoms with Gasteiger partial charge in [-0.25, -0.2) is 0 Å². The molecule has 0 atom stereocenters. The van der Waals surface area contributed by atoms with Gasteiger partial charge in [-0.3, -0.25) is 9.59 Å². The zero-order chi connectivity index (χ0) is 17.1. The van der Waals surface area contributed by atoms with Crippen LogP contribution in [0.3, 0.4) is 0 Å². The lowest BCUT2D eigenvalue weighted by Crippen LogP contribution is -2.25. The van der Waals surface area contributed by atoms with E-state index in [0.29, 0.717) is 29.8 Å². The van der Waals surface area contributed by atoms with Crippen molar-refractivity contribution < 1.29 is 14.3 Å². The first kappa shape index (κ1) is 16.4. The van der Waals surface area contributed by atoms with Crippen LogP contribution in [0.1, 0.15) is 46.5 Å². The summed E-state index contributed by atoms with van der Waals surface area (Å²) in [6, 6.07) is 12.9. The number of ketones is 1. The number of nitrogens with one attached hydrogen (secondary N) is 1. The van der Waals surface area contributed by atoms with Gasteiger partial charge in [-0.05, 0) is 43.5 Å². The summed E-state index contributed by atoms with van der Waals surface area (Å²) in [6.07, 6.45) is 0.962. The number of amides is 1. The van der Waals surface area contributed by atoms with E-state index in [1.807, 2.05) is 44.2 Å². The number of carbonyl (C=O) groups is 2. The van der Waals surface area contributed by atoms with Gasteiger partial charge >= 0.3 is 0 Å². The first-order valence-corrected chi connectivity index (χ1v) is 8.26. The molecule has 0 saturated heterocycles. The molecular weight excluding hydrogens is 302 g/mol. The van der Waals surface area contributed by atoms with Gasteiger partial charge in [-0.15, -0.1) is 0 Å². The summed E-state index contributed by atoms with van der Waals surface area (Å²) in [5.74, 6) is -0.174. The van der Waals surface area contributed by atoms with E-state index in [1.54, 1.807) is 12.1 Å². The summed E-state index contributed by atoms with van der Waals surface area (Å²) in [4.78, 5) is 24.7. The standard InChI is InChI=1S/C20H21NO3/c1-13(2)24-11-5-10-21-20(23)14-8-9-16-15-6-3-4-7-17(15)19(22)18(16)12-14/h3-4,6-9,12-13H,5,10-11H2,1-2H3,(H,21,23). The van der Waals surface area contributed by atoms with E-state index in [0.717, 1.165) is 17.5 Å². The Bertz CT molecular complexity index is 780. The van der Waals surface area contributed by atoms with Crippen molar-refractivity contribution in [3.8, 4) is 11.1 Å². The fourth-order valence-corrected chi connectivity index (χ4v) is 2.86. The average Bonchev–Trinajstić information content (AvgIpc) is 2.87. The lowest BCUT2D eigenvalue weighted by atomic mass is 10.0. The van der Waals surface area contributed by atoms with Gasteiger partial charge in [0.1, 0.15) is 0 Å². The number of carbonyl (C=O) groups excluding carboxylic acids is 2. The van der Waals surface area contributed by atoms with Gasteiger partial charge in [0.05, 0.1) is 6.10 Å². The number of rotatable bonds is 6. The maximum absolute atomic E-state index is 12.5.